The molecule has 5 aromatic rings. The Morgan fingerprint density at radius 1 is 1.08 bits per heavy atom. The molecule has 0 atom stereocenters. The van der Waals surface area contributed by atoms with Crippen LogP contribution >= 0.6 is 11.6 Å². The molecule has 1 amide bonds. The topological polar surface area (TPSA) is 73.4 Å². The number of fused-ring (bicyclic) bond motifs is 1. The minimum absolute atomic E-state index is 0.00587. The summed E-state index contributed by atoms with van der Waals surface area (Å²) in [6, 6.07) is 18.4. The lowest BCUT2D eigenvalue weighted by Crippen LogP contribution is -2.26. The van der Waals surface area contributed by atoms with Crippen molar-refractivity contribution < 1.29 is 27.1 Å². The molecule has 0 aliphatic rings. The second kappa shape index (κ2) is 10.1. The maximum atomic E-state index is 13.7. The van der Waals surface area contributed by atoms with Crippen LogP contribution in [0.25, 0.3) is 16.8 Å². The SMILES string of the molecule is Cc1ccc(OCc2c(Cl)c(C(F)(F)F)nn2-c2cccc(C(=O)N(C)c3ccc4nc(C)oc4c3)c2)cc1. The standard InChI is InChI=1S/C28H22ClF3N4O3/c1-16-7-10-21(11-8-16)38-15-23-25(29)26(28(30,31)32)34-36(23)20-6-4-5-18(13-20)27(37)35(3)19-9-12-22-24(14-19)39-17(2)33-22/h4-14H,15H2,1-3H3. The van der Waals surface area contributed by atoms with E-state index in [0.29, 0.717) is 28.4 Å². The highest BCUT2D eigenvalue weighted by Crippen LogP contribution is 2.37. The van der Waals surface area contributed by atoms with Crippen LogP contribution in [0.2, 0.25) is 5.02 Å². The van der Waals surface area contributed by atoms with Crippen LogP contribution in [-0.2, 0) is 12.8 Å². The van der Waals surface area contributed by atoms with E-state index >= 15 is 0 Å². The Labute approximate surface area is 226 Å². The van der Waals surface area contributed by atoms with Gasteiger partial charge < -0.3 is 14.1 Å². The maximum absolute atomic E-state index is 13.7. The minimum Gasteiger partial charge on any atom is -0.487 e. The lowest BCUT2D eigenvalue weighted by Gasteiger charge is -2.18. The van der Waals surface area contributed by atoms with Crippen LogP contribution in [0.15, 0.2) is 71.1 Å². The molecular weight excluding hydrogens is 533 g/mol. The number of nitrogens with zero attached hydrogens (tertiary/aromatic N) is 4. The number of alkyl halides is 3. The van der Waals surface area contributed by atoms with E-state index in [-0.39, 0.29) is 29.5 Å². The predicted octanol–water partition coefficient (Wildman–Crippen LogP) is 7.16. The zero-order chi connectivity index (χ0) is 27.9. The van der Waals surface area contributed by atoms with Gasteiger partial charge in [0.15, 0.2) is 17.2 Å². The third-order valence-corrected chi connectivity index (χ3v) is 6.49. The fourth-order valence-corrected chi connectivity index (χ4v) is 4.34. The van der Waals surface area contributed by atoms with Gasteiger partial charge in [0.2, 0.25) is 0 Å². The van der Waals surface area contributed by atoms with Crippen LogP contribution in [0.1, 0.15) is 33.2 Å². The Balaban J connectivity index is 1.48. The number of aryl methyl sites for hydroxylation is 2. The second-order valence-corrected chi connectivity index (χ2v) is 9.30. The van der Waals surface area contributed by atoms with Crippen molar-refractivity contribution in [2.75, 3.05) is 11.9 Å². The third-order valence-electron chi connectivity index (χ3n) is 6.09. The largest absolute Gasteiger partial charge is 0.487 e. The number of halogens is 4. The van der Waals surface area contributed by atoms with Gasteiger partial charge in [-0.15, -0.1) is 0 Å². The van der Waals surface area contributed by atoms with Crippen molar-refractivity contribution in [2.24, 2.45) is 0 Å². The summed E-state index contributed by atoms with van der Waals surface area (Å²) in [5.41, 5.74) is 1.96. The first-order chi connectivity index (χ1) is 18.5. The Hall–Kier alpha value is -4.31. The van der Waals surface area contributed by atoms with Gasteiger partial charge in [0.1, 0.15) is 23.6 Å². The van der Waals surface area contributed by atoms with Gasteiger partial charge in [-0.1, -0.05) is 35.4 Å². The van der Waals surface area contributed by atoms with E-state index < -0.39 is 16.9 Å². The number of hydrogen-bond donors (Lipinski definition) is 0. The summed E-state index contributed by atoms with van der Waals surface area (Å²) in [5, 5.41) is 3.18. The highest BCUT2D eigenvalue weighted by Gasteiger charge is 2.39. The van der Waals surface area contributed by atoms with Crippen LogP contribution in [-0.4, -0.2) is 27.7 Å². The molecule has 2 aromatic heterocycles. The maximum Gasteiger partial charge on any atom is 0.436 e. The average molecular weight is 555 g/mol. The molecule has 0 aliphatic carbocycles. The van der Waals surface area contributed by atoms with Crippen molar-refractivity contribution in [1.82, 2.24) is 14.8 Å². The number of ether oxygens (including phenoxy) is 1. The molecule has 3 aromatic carbocycles. The smallest absolute Gasteiger partial charge is 0.436 e. The number of benzene rings is 3. The van der Waals surface area contributed by atoms with Gasteiger partial charge in [0.25, 0.3) is 5.91 Å². The third kappa shape index (κ3) is 5.33. The molecule has 0 aliphatic heterocycles. The molecule has 2 heterocycles. The fraction of sp³-hybridized carbons (Fsp3) is 0.179. The molecule has 5 rings (SSSR count). The van der Waals surface area contributed by atoms with E-state index in [0.717, 1.165) is 10.2 Å². The molecule has 0 saturated carbocycles. The van der Waals surface area contributed by atoms with E-state index in [2.05, 4.69) is 10.1 Å². The summed E-state index contributed by atoms with van der Waals surface area (Å²) in [4.78, 5) is 19.0. The van der Waals surface area contributed by atoms with E-state index in [1.807, 2.05) is 19.1 Å². The average Bonchev–Trinajstić information content (AvgIpc) is 3.45. The van der Waals surface area contributed by atoms with Gasteiger partial charge in [-0.25, -0.2) is 9.67 Å². The van der Waals surface area contributed by atoms with Crippen molar-refractivity contribution in [2.45, 2.75) is 26.6 Å². The Morgan fingerprint density at radius 2 is 1.82 bits per heavy atom. The molecule has 0 bridgehead atoms. The summed E-state index contributed by atoms with van der Waals surface area (Å²) in [5.74, 6) is 0.573. The van der Waals surface area contributed by atoms with E-state index in [4.69, 9.17) is 20.8 Å². The molecule has 0 unspecified atom stereocenters. The summed E-state index contributed by atoms with van der Waals surface area (Å²) in [7, 11) is 1.59. The molecule has 39 heavy (non-hydrogen) atoms. The van der Waals surface area contributed by atoms with Crippen LogP contribution in [0, 0.1) is 13.8 Å². The number of anilines is 1. The van der Waals surface area contributed by atoms with Gasteiger partial charge in [0, 0.05) is 31.3 Å². The summed E-state index contributed by atoms with van der Waals surface area (Å²) < 4.78 is 53.5. The normalized spacial score (nSPS) is 11.7. The van der Waals surface area contributed by atoms with E-state index in [1.165, 1.54) is 11.0 Å². The van der Waals surface area contributed by atoms with E-state index in [1.54, 1.807) is 62.5 Å². The Kier molecular flexibility index (Phi) is 6.82. The summed E-state index contributed by atoms with van der Waals surface area (Å²) in [6.07, 6.45) is -4.79. The number of rotatable bonds is 6. The van der Waals surface area contributed by atoms with E-state index in [9.17, 15) is 18.0 Å². The quantitative estimate of drug-likeness (QED) is 0.223. The molecule has 0 spiro atoms. The van der Waals surface area contributed by atoms with Crippen LogP contribution < -0.4 is 9.64 Å². The molecule has 11 heteroatoms. The lowest BCUT2D eigenvalue weighted by atomic mass is 10.1. The molecule has 0 fully saturated rings. The number of amides is 1. The monoisotopic (exact) mass is 554 g/mol. The molecule has 0 saturated heterocycles. The first-order valence-corrected chi connectivity index (χ1v) is 12.2. The highest BCUT2D eigenvalue weighted by molar-refractivity contribution is 6.32. The molecule has 0 N–H and O–H groups in total. The van der Waals surface area contributed by atoms with Gasteiger partial charge in [-0.3, -0.25) is 4.79 Å². The van der Waals surface area contributed by atoms with Crippen molar-refractivity contribution >= 4 is 34.3 Å². The first-order valence-electron chi connectivity index (χ1n) is 11.8. The number of aromatic nitrogens is 3. The van der Waals surface area contributed by atoms with Gasteiger partial charge >= 0.3 is 6.18 Å². The predicted molar refractivity (Wildman–Crippen MR) is 141 cm³/mol. The van der Waals surface area contributed by atoms with Crippen molar-refractivity contribution in [3.63, 3.8) is 0 Å². The first kappa shape index (κ1) is 26.3. The Bertz CT molecular complexity index is 1680. The Morgan fingerprint density at radius 3 is 2.54 bits per heavy atom. The highest BCUT2D eigenvalue weighted by atomic mass is 35.5. The number of carbonyl (C=O) groups excluding carboxylic acids is 1. The fourth-order valence-electron chi connectivity index (χ4n) is 4.06. The summed E-state index contributed by atoms with van der Waals surface area (Å²) >= 11 is 6.17. The lowest BCUT2D eigenvalue weighted by molar-refractivity contribution is -0.141. The van der Waals surface area contributed by atoms with Gasteiger partial charge in [-0.2, -0.15) is 18.3 Å². The number of carbonyl (C=O) groups is 1. The van der Waals surface area contributed by atoms with Crippen LogP contribution in [0.4, 0.5) is 18.9 Å². The number of hydrogen-bond acceptors (Lipinski definition) is 5. The zero-order valence-electron chi connectivity index (χ0n) is 21.1. The van der Waals surface area contributed by atoms with Crippen LogP contribution in [0.3, 0.4) is 0 Å². The molecule has 200 valence electrons. The minimum atomic E-state index is -4.79. The van der Waals surface area contributed by atoms with Gasteiger partial charge in [-0.05, 0) is 49.4 Å². The van der Waals surface area contributed by atoms with Crippen molar-refractivity contribution in [1.29, 1.82) is 0 Å². The second-order valence-electron chi connectivity index (χ2n) is 8.92. The molecular formula is C28H22ClF3N4O3. The van der Waals surface area contributed by atoms with Crippen molar-refractivity contribution in [3.05, 3.63) is 100 Å². The molecule has 0 radical (unpaired) electrons. The zero-order valence-corrected chi connectivity index (χ0v) is 21.8. The number of oxazole rings is 1. The van der Waals surface area contributed by atoms with Gasteiger partial charge in [0.05, 0.1) is 10.7 Å². The van der Waals surface area contributed by atoms with Crippen LogP contribution in [0.5, 0.6) is 5.75 Å². The van der Waals surface area contributed by atoms with Crippen molar-refractivity contribution in [3.8, 4) is 11.4 Å². The molecule has 7 nitrogen and oxygen atoms in total. The summed E-state index contributed by atoms with van der Waals surface area (Å²) in [6.45, 7) is 3.36.